The molecule has 0 unspecified atom stereocenters. The number of benzene rings is 1. The summed E-state index contributed by atoms with van der Waals surface area (Å²) in [7, 11) is -1.74. The van der Waals surface area contributed by atoms with Gasteiger partial charge in [-0.15, -0.1) is 0 Å². The first kappa shape index (κ1) is 16.6. The maximum Gasteiger partial charge on any atom is 0.242 e. The lowest BCUT2D eigenvalue weighted by Crippen LogP contribution is -2.41. The van der Waals surface area contributed by atoms with Crippen LogP contribution in [0.1, 0.15) is 32.1 Å². The summed E-state index contributed by atoms with van der Waals surface area (Å²) in [6, 6.07) is 7.00. The molecule has 118 valence electrons. The van der Waals surface area contributed by atoms with Gasteiger partial charge in [-0.25, -0.2) is 13.1 Å². The van der Waals surface area contributed by atoms with Gasteiger partial charge in [-0.2, -0.15) is 11.8 Å². The average molecular weight is 329 g/mol. The molecule has 1 saturated carbocycles. The number of nitrogens with one attached hydrogen (secondary N) is 2. The van der Waals surface area contributed by atoms with E-state index in [-0.39, 0.29) is 4.75 Å². The molecule has 0 aliphatic heterocycles. The molecule has 0 atom stereocenters. The fourth-order valence-electron chi connectivity index (χ4n) is 2.86. The topological polar surface area (TPSA) is 58.2 Å². The van der Waals surface area contributed by atoms with Gasteiger partial charge in [-0.05, 0) is 31.2 Å². The molecular formula is C15H24N2O2S2. The van der Waals surface area contributed by atoms with Gasteiger partial charge in [0.2, 0.25) is 10.0 Å². The molecule has 0 spiro atoms. The number of anilines is 1. The summed E-state index contributed by atoms with van der Waals surface area (Å²) < 4.78 is 28.0. The summed E-state index contributed by atoms with van der Waals surface area (Å²) in [5, 5.41) is 2.94. The predicted molar refractivity (Wildman–Crippen MR) is 90.5 cm³/mol. The highest BCUT2D eigenvalue weighted by Crippen LogP contribution is 2.38. The first-order chi connectivity index (χ1) is 10.0. The van der Waals surface area contributed by atoms with Crippen LogP contribution in [0.2, 0.25) is 0 Å². The molecule has 0 radical (unpaired) electrons. The molecule has 2 N–H and O–H groups in total. The van der Waals surface area contributed by atoms with Crippen molar-refractivity contribution in [2.45, 2.75) is 41.7 Å². The van der Waals surface area contributed by atoms with E-state index in [9.17, 15) is 8.42 Å². The maximum absolute atomic E-state index is 12.6. The van der Waals surface area contributed by atoms with Crippen molar-refractivity contribution in [2.24, 2.45) is 0 Å². The van der Waals surface area contributed by atoms with E-state index >= 15 is 0 Å². The normalized spacial score (nSPS) is 18.4. The van der Waals surface area contributed by atoms with E-state index in [0.29, 0.717) is 17.1 Å². The number of sulfonamides is 1. The molecule has 0 saturated heterocycles. The zero-order valence-electron chi connectivity index (χ0n) is 12.7. The van der Waals surface area contributed by atoms with Crippen LogP contribution < -0.4 is 10.0 Å². The third-order valence-corrected chi connectivity index (χ3v) is 7.11. The highest BCUT2D eigenvalue weighted by Gasteiger charge is 2.33. The van der Waals surface area contributed by atoms with E-state index in [1.807, 2.05) is 6.07 Å². The lowest BCUT2D eigenvalue weighted by Gasteiger charge is -2.35. The van der Waals surface area contributed by atoms with Crippen LogP contribution in [0.5, 0.6) is 0 Å². The highest BCUT2D eigenvalue weighted by atomic mass is 32.2. The van der Waals surface area contributed by atoms with Crippen molar-refractivity contribution in [2.75, 3.05) is 25.2 Å². The van der Waals surface area contributed by atoms with Crippen molar-refractivity contribution in [3.63, 3.8) is 0 Å². The Morgan fingerprint density at radius 1 is 1.19 bits per heavy atom. The second-order valence-corrected chi connectivity index (χ2v) is 8.53. The molecule has 0 bridgehead atoms. The molecule has 1 fully saturated rings. The van der Waals surface area contributed by atoms with Gasteiger partial charge in [0.05, 0.1) is 5.69 Å². The number of rotatable bonds is 6. The van der Waals surface area contributed by atoms with Gasteiger partial charge in [0.1, 0.15) is 4.90 Å². The van der Waals surface area contributed by atoms with Crippen LogP contribution in [0.3, 0.4) is 0 Å². The van der Waals surface area contributed by atoms with Gasteiger partial charge in [0, 0.05) is 18.3 Å². The number of hydrogen-bond acceptors (Lipinski definition) is 4. The number of thioether (sulfide) groups is 1. The summed E-state index contributed by atoms with van der Waals surface area (Å²) in [6.07, 6.45) is 7.90. The van der Waals surface area contributed by atoms with Gasteiger partial charge in [0.15, 0.2) is 0 Å². The Hall–Kier alpha value is -0.720. The molecule has 2 rings (SSSR count). The Bertz CT molecular complexity index is 567. The van der Waals surface area contributed by atoms with Crippen LogP contribution in [0, 0.1) is 0 Å². The third-order valence-electron chi connectivity index (χ3n) is 4.23. The second-order valence-electron chi connectivity index (χ2n) is 5.52. The van der Waals surface area contributed by atoms with E-state index in [0.717, 1.165) is 12.8 Å². The van der Waals surface area contributed by atoms with Crippen LogP contribution in [0.15, 0.2) is 29.2 Å². The fourth-order valence-corrected chi connectivity index (χ4v) is 5.20. The van der Waals surface area contributed by atoms with Gasteiger partial charge in [-0.3, -0.25) is 0 Å². The Labute approximate surface area is 132 Å². The van der Waals surface area contributed by atoms with Gasteiger partial charge in [0.25, 0.3) is 0 Å². The molecule has 0 heterocycles. The van der Waals surface area contributed by atoms with Gasteiger partial charge < -0.3 is 5.32 Å². The molecule has 1 aromatic rings. The summed E-state index contributed by atoms with van der Waals surface area (Å²) in [4.78, 5) is 0.319. The Kier molecular flexibility index (Phi) is 5.57. The molecule has 1 aliphatic carbocycles. The van der Waals surface area contributed by atoms with E-state index in [4.69, 9.17) is 0 Å². The second kappa shape index (κ2) is 7.03. The lowest BCUT2D eigenvalue weighted by atomic mass is 9.88. The Balaban J connectivity index is 2.14. The molecule has 21 heavy (non-hydrogen) atoms. The number of hydrogen-bond donors (Lipinski definition) is 2. The van der Waals surface area contributed by atoms with Crippen molar-refractivity contribution in [1.29, 1.82) is 0 Å². The molecule has 0 amide bonds. The molecule has 1 aromatic carbocycles. The van der Waals surface area contributed by atoms with E-state index < -0.39 is 10.0 Å². The zero-order chi connectivity index (χ0) is 15.3. The van der Waals surface area contributed by atoms with Crippen LogP contribution in [-0.4, -0.2) is 33.0 Å². The molecule has 0 aromatic heterocycles. The number of para-hydroxylation sites is 1. The minimum Gasteiger partial charge on any atom is -0.387 e. The van der Waals surface area contributed by atoms with E-state index in [1.165, 1.54) is 19.3 Å². The molecule has 1 aliphatic rings. The van der Waals surface area contributed by atoms with E-state index in [1.54, 1.807) is 37.0 Å². The first-order valence-electron chi connectivity index (χ1n) is 7.35. The largest absolute Gasteiger partial charge is 0.387 e. The summed E-state index contributed by atoms with van der Waals surface area (Å²) >= 11 is 1.80. The van der Waals surface area contributed by atoms with Crippen LogP contribution in [0.25, 0.3) is 0 Å². The minimum atomic E-state index is -3.48. The van der Waals surface area contributed by atoms with Crippen LogP contribution >= 0.6 is 11.8 Å². The average Bonchev–Trinajstić information content (AvgIpc) is 2.54. The summed E-state index contributed by atoms with van der Waals surface area (Å²) in [6.45, 7) is 0.508. The van der Waals surface area contributed by atoms with Crippen LogP contribution in [-0.2, 0) is 10.0 Å². The van der Waals surface area contributed by atoms with Crippen molar-refractivity contribution < 1.29 is 8.42 Å². The highest BCUT2D eigenvalue weighted by molar-refractivity contribution is 8.00. The van der Waals surface area contributed by atoms with Crippen molar-refractivity contribution in [3.05, 3.63) is 24.3 Å². The quantitative estimate of drug-likeness (QED) is 0.842. The fraction of sp³-hybridized carbons (Fsp3) is 0.600. The Morgan fingerprint density at radius 3 is 2.48 bits per heavy atom. The van der Waals surface area contributed by atoms with Crippen molar-refractivity contribution in [1.82, 2.24) is 4.72 Å². The Morgan fingerprint density at radius 2 is 1.86 bits per heavy atom. The standard InChI is InChI=1S/C15H24N2O2S2/c1-16-13-8-4-5-9-14(13)21(18,19)17-12-15(20-2)10-6-3-7-11-15/h4-5,8-9,16-17H,3,6-7,10-12H2,1-2H3. The lowest BCUT2D eigenvalue weighted by molar-refractivity contribution is 0.395. The SMILES string of the molecule is CNc1ccccc1S(=O)(=O)NCC1(SC)CCCCC1. The maximum atomic E-state index is 12.6. The minimum absolute atomic E-state index is 0.0555. The smallest absolute Gasteiger partial charge is 0.242 e. The van der Waals surface area contributed by atoms with Crippen molar-refractivity contribution in [3.8, 4) is 0 Å². The molecule has 6 heteroatoms. The van der Waals surface area contributed by atoms with Crippen LogP contribution in [0.4, 0.5) is 5.69 Å². The predicted octanol–water partition coefficient (Wildman–Crippen LogP) is 3.07. The zero-order valence-corrected chi connectivity index (χ0v) is 14.3. The first-order valence-corrected chi connectivity index (χ1v) is 10.1. The monoisotopic (exact) mass is 328 g/mol. The van der Waals surface area contributed by atoms with Gasteiger partial charge >= 0.3 is 0 Å². The van der Waals surface area contributed by atoms with Gasteiger partial charge in [-0.1, -0.05) is 31.4 Å². The molecule has 4 nitrogen and oxygen atoms in total. The van der Waals surface area contributed by atoms with Crippen molar-refractivity contribution >= 4 is 27.5 Å². The summed E-state index contributed by atoms with van der Waals surface area (Å²) in [5.74, 6) is 0. The third kappa shape index (κ3) is 3.93. The molecular weight excluding hydrogens is 304 g/mol. The van der Waals surface area contributed by atoms with E-state index in [2.05, 4.69) is 16.3 Å². The summed E-state index contributed by atoms with van der Waals surface area (Å²) in [5.41, 5.74) is 0.631.